The summed E-state index contributed by atoms with van der Waals surface area (Å²) in [6.45, 7) is 1.89. The highest BCUT2D eigenvalue weighted by molar-refractivity contribution is 7.95. The van der Waals surface area contributed by atoms with E-state index in [2.05, 4.69) is 79.7 Å². The summed E-state index contributed by atoms with van der Waals surface area (Å²) in [5.41, 5.74) is 0. The van der Waals surface area contributed by atoms with Crippen LogP contribution in [0.3, 0.4) is 0 Å². The summed E-state index contributed by atoms with van der Waals surface area (Å²) in [7, 11) is -1.76. The van der Waals surface area contributed by atoms with Crippen LogP contribution in [0.5, 0.6) is 5.75 Å². The maximum atomic E-state index is 12.4. The minimum atomic E-state index is -1.76. The molecule has 0 fully saturated rings. The Hall–Kier alpha value is -2.18. The van der Waals surface area contributed by atoms with E-state index in [1.54, 1.807) is 0 Å². The topological polar surface area (TPSA) is 9.23 Å². The van der Waals surface area contributed by atoms with Crippen LogP contribution in [-0.2, 0) is 0 Å². The van der Waals surface area contributed by atoms with Crippen LogP contribution in [0, 0.1) is 0 Å². The molecule has 28 heavy (non-hydrogen) atoms. The molecule has 3 rings (SSSR count). The molecule has 0 aliphatic heterocycles. The first-order valence-corrected chi connectivity index (χ1v) is 12.1. The van der Waals surface area contributed by atoms with Crippen LogP contribution in [0.15, 0.2) is 84.9 Å². The lowest BCUT2D eigenvalue weighted by atomic mass is 10.3. The van der Waals surface area contributed by atoms with E-state index in [1.165, 1.54) is 35.2 Å². The summed E-state index contributed by atoms with van der Waals surface area (Å²) in [4.78, 5) is 0. The lowest BCUT2D eigenvalue weighted by Gasteiger charge is -2.28. The number of alkyl halides is 1. The summed E-state index contributed by atoms with van der Waals surface area (Å²) in [5.74, 6) is 0.731. The Labute approximate surface area is 168 Å². The smallest absolute Gasteiger partial charge is 0.123 e. The third kappa shape index (κ3) is 4.62. The standard InChI is InChI=1S/C25H29FOP/c1-2-3-10-21-28(23-11-6-4-7-12-23,24-13-8-5-9-14-24)25-17-15-22(16-18-25)27-20-19-26/h4-9,11-18H,2-3,10,19-21H2,1H3/q+1/i26-1. The molecule has 0 unspecified atom stereocenters. The summed E-state index contributed by atoms with van der Waals surface area (Å²) < 4.78 is 17.9. The zero-order valence-corrected chi connectivity index (χ0v) is 17.5. The molecular formula is C25H29FOP+. The molecule has 0 spiro atoms. The van der Waals surface area contributed by atoms with Crippen LogP contribution < -0.4 is 20.7 Å². The molecule has 0 amide bonds. The summed E-state index contributed by atoms with van der Waals surface area (Å²) in [6, 6.07) is 30.2. The van der Waals surface area contributed by atoms with E-state index in [4.69, 9.17) is 4.74 Å². The normalized spacial score (nSPS) is 11.4. The van der Waals surface area contributed by atoms with Crippen LogP contribution >= 0.6 is 7.26 Å². The van der Waals surface area contributed by atoms with Crippen LogP contribution in [0.25, 0.3) is 0 Å². The first-order chi connectivity index (χ1) is 13.8. The minimum Gasteiger partial charge on any atom is -0.491 e. The molecule has 0 atom stereocenters. The van der Waals surface area contributed by atoms with E-state index >= 15 is 0 Å². The average Bonchev–Trinajstić information content (AvgIpc) is 2.77. The van der Waals surface area contributed by atoms with Gasteiger partial charge in [0.2, 0.25) is 0 Å². The Morgan fingerprint density at radius 1 is 0.714 bits per heavy atom. The van der Waals surface area contributed by atoms with Gasteiger partial charge in [-0.15, -0.1) is 0 Å². The first kappa shape index (κ1) is 20.6. The highest BCUT2D eigenvalue weighted by atomic mass is 31.2. The molecular weight excluding hydrogens is 365 g/mol. The fourth-order valence-electron chi connectivity index (χ4n) is 3.75. The number of hydrogen-bond donors (Lipinski definition) is 0. The zero-order chi connectivity index (χ0) is 19.7. The molecule has 0 N–H and O–H groups in total. The fraction of sp³-hybridized carbons (Fsp3) is 0.280. The molecule has 0 saturated carbocycles. The second kappa shape index (κ2) is 10.4. The number of benzene rings is 3. The van der Waals surface area contributed by atoms with E-state index in [0.29, 0.717) is 0 Å². The average molecular weight is 394 g/mol. The predicted molar refractivity (Wildman–Crippen MR) is 121 cm³/mol. The Morgan fingerprint density at radius 3 is 1.75 bits per heavy atom. The van der Waals surface area contributed by atoms with Crippen molar-refractivity contribution in [2.75, 3.05) is 19.4 Å². The van der Waals surface area contributed by atoms with E-state index < -0.39 is 13.9 Å². The molecule has 1 nitrogen and oxygen atoms in total. The van der Waals surface area contributed by atoms with E-state index in [-0.39, 0.29) is 6.61 Å². The van der Waals surface area contributed by atoms with Crippen molar-refractivity contribution in [3.05, 3.63) is 84.9 Å². The number of rotatable bonds is 10. The SMILES string of the molecule is CCCCC[P+](c1ccccc1)(c1ccccc1)c1ccc(OCC[18F])cc1. The maximum absolute atomic E-state index is 12.4. The molecule has 0 saturated heterocycles. The number of hydrogen-bond acceptors (Lipinski definition) is 1. The van der Waals surface area contributed by atoms with Gasteiger partial charge in [-0.25, -0.2) is 4.39 Å². The minimum absolute atomic E-state index is 0.105. The lowest BCUT2D eigenvalue weighted by Crippen LogP contribution is -2.33. The number of ether oxygens (including phenoxy) is 1. The Balaban J connectivity index is 2.11. The molecule has 0 bridgehead atoms. The number of halogens is 1. The van der Waals surface area contributed by atoms with Crippen molar-refractivity contribution in [2.45, 2.75) is 26.2 Å². The van der Waals surface area contributed by atoms with Crippen molar-refractivity contribution < 1.29 is 9.13 Å². The molecule has 0 aliphatic carbocycles. The van der Waals surface area contributed by atoms with Gasteiger partial charge in [0.15, 0.2) is 0 Å². The molecule has 3 aromatic rings. The van der Waals surface area contributed by atoms with E-state index in [1.807, 2.05) is 12.1 Å². The molecule has 146 valence electrons. The maximum Gasteiger partial charge on any atom is 0.123 e. The Morgan fingerprint density at radius 2 is 1.25 bits per heavy atom. The summed E-state index contributed by atoms with van der Waals surface area (Å²) in [5, 5.41) is 4.18. The molecule has 0 aromatic heterocycles. The van der Waals surface area contributed by atoms with Crippen LogP contribution in [0.2, 0.25) is 0 Å². The van der Waals surface area contributed by atoms with Gasteiger partial charge in [-0.05, 0) is 55.0 Å². The van der Waals surface area contributed by atoms with Gasteiger partial charge in [0.1, 0.15) is 42.2 Å². The Kier molecular flexibility index (Phi) is 7.62. The van der Waals surface area contributed by atoms with Crippen molar-refractivity contribution in [1.82, 2.24) is 0 Å². The summed E-state index contributed by atoms with van der Waals surface area (Å²) in [6.07, 6.45) is 4.80. The van der Waals surface area contributed by atoms with Gasteiger partial charge in [-0.1, -0.05) is 56.2 Å². The fourth-order valence-corrected chi connectivity index (χ4v) is 8.14. The van der Waals surface area contributed by atoms with Crippen molar-refractivity contribution in [3.8, 4) is 5.75 Å². The van der Waals surface area contributed by atoms with E-state index in [0.717, 1.165) is 11.9 Å². The number of unbranched alkanes of at least 4 members (excludes halogenated alkanes) is 2. The molecule has 0 heterocycles. The zero-order valence-electron chi connectivity index (χ0n) is 16.6. The lowest BCUT2D eigenvalue weighted by molar-refractivity contribution is 0.273. The molecule has 0 aliphatic rings. The summed E-state index contributed by atoms with van der Waals surface area (Å²) >= 11 is 0. The van der Waals surface area contributed by atoms with E-state index in [9.17, 15) is 4.39 Å². The quantitative estimate of drug-likeness (QED) is 0.325. The first-order valence-electron chi connectivity index (χ1n) is 10.1. The third-order valence-electron chi connectivity index (χ3n) is 5.11. The van der Waals surface area contributed by atoms with Crippen molar-refractivity contribution in [2.24, 2.45) is 0 Å². The van der Waals surface area contributed by atoms with Crippen molar-refractivity contribution in [1.29, 1.82) is 0 Å². The van der Waals surface area contributed by atoms with Gasteiger partial charge < -0.3 is 4.74 Å². The van der Waals surface area contributed by atoms with Gasteiger partial charge >= 0.3 is 0 Å². The van der Waals surface area contributed by atoms with Crippen LogP contribution in [0.4, 0.5) is 4.39 Å². The third-order valence-corrected chi connectivity index (χ3v) is 9.64. The van der Waals surface area contributed by atoms with Gasteiger partial charge in [-0.2, -0.15) is 0 Å². The van der Waals surface area contributed by atoms with Gasteiger partial charge in [0, 0.05) is 0 Å². The predicted octanol–water partition coefficient (Wildman–Crippen LogP) is 5.52. The monoisotopic (exact) mass is 394 g/mol. The van der Waals surface area contributed by atoms with Gasteiger partial charge in [0.05, 0.1) is 6.16 Å². The van der Waals surface area contributed by atoms with Crippen molar-refractivity contribution in [3.63, 3.8) is 0 Å². The highest BCUT2D eigenvalue weighted by Crippen LogP contribution is 2.56. The van der Waals surface area contributed by atoms with Crippen LogP contribution in [-0.4, -0.2) is 19.4 Å². The van der Waals surface area contributed by atoms with Crippen molar-refractivity contribution >= 4 is 23.2 Å². The molecule has 3 aromatic carbocycles. The largest absolute Gasteiger partial charge is 0.491 e. The molecule has 3 heteroatoms. The second-order valence-electron chi connectivity index (χ2n) is 6.94. The molecule has 0 radical (unpaired) electrons. The van der Waals surface area contributed by atoms with Gasteiger partial charge in [0.25, 0.3) is 0 Å². The van der Waals surface area contributed by atoms with Gasteiger partial charge in [-0.3, -0.25) is 0 Å². The second-order valence-corrected chi connectivity index (χ2v) is 10.6. The highest BCUT2D eigenvalue weighted by Gasteiger charge is 2.44. The van der Waals surface area contributed by atoms with Crippen LogP contribution in [0.1, 0.15) is 26.2 Å². The Bertz CT molecular complexity index is 779.